The Hall–Kier alpha value is -4.13. The lowest BCUT2D eigenvalue weighted by Crippen LogP contribution is -2.50. The molecular formula is C33H36N4O3. The molecule has 7 nitrogen and oxygen atoms in total. The van der Waals surface area contributed by atoms with Gasteiger partial charge in [0.15, 0.2) is 0 Å². The highest BCUT2D eigenvalue weighted by Crippen LogP contribution is 2.47. The van der Waals surface area contributed by atoms with Gasteiger partial charge in [-0.15, -0.1) is 0 Å². The minimum absolute atomic E-state index is 0.00325. The van der Waals surface area contributed by atoms with Crippen molar-refractivity contribution in [3.8, 4) is 11.1 Å². The molecule has 3 aromatic carbocycles. The lowest BCUT2D eigenvalue weighted by molar-refractivity contribution is -0.122. The highest BCUT2D eigenvalue weighted by Gasteiger charge is 2.43. The molecule has 4 amide bonds. The minimum atomic E-state index is -0.334. The van der Waals surface area contributed by atoms with E-state index in [1.54, 1.807) is 0 Å². The first-order valence-corrected chi connectivity index (χ1v) is 14.1. The van der Waals surface area contributed by atoms with Gasteiger partial charge in [-0.25, -0.2) is 4.79 Å². The fourth-order valence-electron chi connectivity index (χ4n) is 6.10. The molecule has 1 fully saturated rings. The van der Waals surface area contributed by atoms with E-state index in [0.717, 1.165) is 39.8 Å². The summed E-state index contributed by atoms with van der Waals surface area (Å²) in [6.07, 6.45) is 1.58. The maximum Gasteiger partial charge on any atom is 0.318 e. The van der Waals surface area contributed by atoms with Crippen LogP contribution in [0.25, 0.3) is 11.1 Å². The van der Waals surface area contributed by atoms with E-state index in [-0.39, 0.29) is 35.2 Å². The van der Waals surface area contributed by atoms with Crippen molar-refractivity contribution in [1.82, 2.24) is 20.9 Å². The van der Waals surface area contributed by atoms with Crippen molar-refractivity contribution in [3.05, 3.63) is 94.0 Å². The zero-order valence-corrected chi connectivity index (χ0v) is 23.3. The van der Waals surface area contributed by atoms with Crippen molar-refractivity contribution < 1.29 is 14.4 Å². The molecule has 3 N–H and O–H groups in total. The first kappa shape index (κ1) is 26.1. The Morgan fingerprint density at radius 2 is 1.68 bits per heavy atom. The van der Waals surface area contributed by atoms with Crippen molar-refractivity contribution >= 4 is 17.8 Å². The molecule has 3 aliphatic rings. The number of nitrogens with zero attached hydrogens (tertiary/aromatic N) is 1. The second kappa shape index (κ2) is 10.1. The third-order valence-electron chi connectivity index (χ3n) is 8.22. The number of hydrogen-bond donors (Lipinski definition) is 3. The van der Waals surface area contributed by atoms with Crippen LogP contribution < -0.4 is 16.0 Å². The summed E-state index contributed by atoms with van der Waals surface area (Å²) >= 11 is 0. The van der Waals surface area contributed by atoms with Gasteiger partial charge in [0.25, 0.3) is 5.91 Å². The summed E-state index contributed by atoms with van der Waals surface area (Å²) in [4.78, 5) is 40.4. The van der Waals surface area contributed by atoms with Gasteiger partial charge in [0.1, 0.15) is 0 Å². The van der Waals surface area contributed by atoms with E-state index < -0.39 is 0 Å². The standard InChI is InChI=1S/C33H36N4O3/c1-33(2,3)36-32(40)37-15-14-24-23(22-10-7-11-25-28(22)18-35-30(25)38)13-12-21(29(24)19-37)17-34-31(39)27-16-26(27)20-8-5-4-6-9-20/h4-13,26-27H,14-19H2,1-3H3,(H,34,39)(H,35,38)(H,36,40)/t26-,27?/m0/s1. The van der Waals surface area contributed by atoms with Crippen molar-refractivity contribution in [2.24, 2.45) is 5.92 Å². The number of benzene rings is 3. The van der Waals surface area contributed by atoms with Crippen molar-refractivity contribution in [1.29, 1.82) is 0 Å². The van der Waals surface area contributed by atoms with Gasteiger partial charge in [-0.3, -0.25) is 9.59 Å². The zero-order chi connectivity index (χ0) is 28.0. The van der Waals surface area contributed by atoms with Gasteiger partial charge in [0.2, 0.25) is 5.91 Å². The van der Waals surface area contributed by atoms with Crippen LogP contribution in [0.15, 0.2) is 60.7 Å². The molecule has 1 saturated carbocycles. The highest BCUT2D eigenvalue weighted by molar-refractivity contribution is 6.00. The molecule has 1 unspecified atom stereocenters. The summed E-state index contributed by atoms with van der Waals surface area (Å²) in [7, 11) is 0. The van der Waals surface area contributed by atoms with Gasteiger partial charge >= 0.3 is 6.03 Å². The van der Waals surface area contributed by atoms with E-state index in [1.165, 1.54) is 11.1 Å². The molecule has 0 saturated heterocycles. The first-order chi connectivity index (χ1) is 19.2. The normalized spacial score (nSPS) is 19.4. The molecule has 206 valence electrons. The van der Waals surface area contributed by atoms with Crippen LogP contribution >= 0.6 is 0 Å². The smallest absolute Gasteiger partial charge is 0.318 e. The average molecular weight is 537 g/mol. The number of urea groups is 1. The Bertz CT molecular complexity index is 1490. The quantitative estimate of drug-likeness (QED) is 0.434. The fraction of sp³-hybridized carbons (Fsp3) is 0.364. The molecule has 0 spiro atoms. The van der Waals surface area contributed by atoms with Gasteiger partial charge in [-0.2, -0.15) is 0 Å². The average Bonchev–Trinajstić information content (AvgIpc) is 3.66. The van der Waals surface area contributed by atoms with Crippen LogP contribution in [0.2, 0.25) is 0 Å². The van der Waals surface area contributed by atoms with Crippen LogP contribution in [0.4, 0.5) is 4.79 Å². The molecule has 3 aromatic rings. The fourth-order valence-corrected chi connectivity index (χ4v) is 6.10. The lowest BCUT2D eigenvalue weighted by atomic mass is 9.85. The van der Waals surface area contributed by atoms with Gasteiger partial charge in [0, 0.05) is 43.2 Å². The summed E-state index contributed by atoms with van der Waals surface area (Å²) in [6.45, 7) is 7.95. The lowest BCUT2D eigenvalue weighted by Gasteiger charge is -2.34. The predicted molar refractivity (Wildman–Crippen MR) is 155 cm³/mol. The Morgan fingerprint density at radius 1 is 0.925 bits per heavy atom. The summed E-state index contributed by atoms with van der Waals surface area (Å²) in [5, 5.41) is 9.22. The Kier molecular flexibility index (Phi) is 6.61. The van der Waals surface area contributed by atoms with Gasteiger partial charge < -0.3 is 20.9 Å². The Labute approximate surface area is 235 Å². The van der Waals surface area contributed by atoms with Crippen LogP contribution in [0.5, 0.6) is 0 Å². The van der Waals surface area contributed by atoms with Crippen LogP contribution in [0.3, 0.4) is 0 Å². The third kappa shape index (κ3) is 5.08. The molecule has 0 aromatic heterocycles. The Morgan fingerprint density at radius 3 is 2.45 bits per heavy atom. The van der Waals surface area contributed by atoms with E-state index in [9.17, 15) is 14.4 Å². The number of carbonyl (C=O) groups excluding carboxylic acids is 3. The van der Waals surface area contributed by atoms with Gasteiger partial charge in [0.05, 0.1) is 0 Å². The Balaban J connectivity index is 1.28. The molecule has 7 heteroatoms. The van der Waals surface area contributed by atoms with E-state index >= 15 is 0 Å². The summed E-state index contributed by atoms with van der Waals surface area (Å²) in [6, 6.07) is 20.2. The van der Waals surface area contributed by atoms with Crippen LogP contribution in [-0.4, -0.2) is 34.8 Å². The maximum absolute atomic E-state index is 13.1. The van der Waals surface area contributed by atoms with E-state index in [4.69, 9.17) is 0 Å². The summed E-state index contributed by atoms with van der Waals surface area (Å²) in [5.41, 5.74) is 8.07. The molecule has 40 heavy (non-hydrogen) atoms. The van der Waals surface area contributed by atoms with Gasteiger partial charge in [-0.1, -0.05) is 54.6 Å². The molecule has 6 rings (SSSR count). The number of amides is 4. The predicted octanol–water partition coefficient (Wildman–Crippen LogP) is 4.88. The number of nitrogens with one attached hydrogen (secondary N) is 3. The third-order valence-corrected chi connectivity index (χ3v) is 8.22. The van der Waals surface area contributed by atoms with E-state index in [1.807, 2.05) is 56.0 Å². The van der Waals surface area contributed by atoms with Crippen LogP contribution in [0.1, 0.15) is 71.3 Å². The second-order valence-corrected chi connectivity index (χ2v) is 12.2. The van der Waals surface area contributed by atoms with E-state index in [2.05, 4.69) is 46.3 Å². The first-order valence-electron chi connectivity index (χ1n) is 14.1. The number of rotatable bonds is 5. The number of carbonyl (C=O) groups is 3. The van der Waals surface area contributed by atoms with Gasteiger partial charge in [-0.05, 0) is 84.5 Å². The maximum atomic E-state index is 13.1. The zero-order valence-electron chi connectivity index (χ0n) is 23.3. The molecule has 0 bridgehead atoms. The minimum Gasteiger partial charge on any atom is -0.352 e. The van der Waals surface area contributed by atoms with Crippen molar-refractivity contribution in [2.45, 2.75) is 64.7 Å². The molecule has 2 heterocycles. The summed E-state index contributed by atoms with van der Waals surface area (Å²) in [5.74, 6) is 0.327. The summed E-state index contributed by atoms with van der Waals surface area (Å²) < 4.78 is 0. The number of fused-ring (bicyclic) bond motifs is 2. The topological polar surface area (TPSA) is 90.5 Å². The molecule has 2 aliphatic heterocycles. The van der Waals surface area contributed by atoms with Crippen LogP contribution in [-0.2, 0) is 30.8 Å². The molecule has 2 atom stereocenters. The highest BCUT2D eigenvalue weighted by atomic mass is 16.2. The van der Waals surface area contributed by atoms with Crippen LogP contribution in [0, 0.1) is 5.92 Å². The molecular weight excluding hydrogens is 500 g/mol. The molecule has 1 aliphatic carbocycles. The van der Waals surface area contributed by atoms with Crippen molar-refractivity contribution in [3.63, 3.8) is 0 Å². The largest absolute Gasteiger partial charge is 0.352 e. The SMILES string of the molecule is CC(C)(C)NC(=O)N1CCc2c(-c3cccc4c3CNC4=O)ccc(CNC(=O)C3C[C@H]3c3ccccc3)c2C1. The second-order valence-electron chi connectivity index (χ2n) is 12.2. The van der Waals surface area contributed by atoms with E-state index in [0.29, 0.717) is 32.6 Å². The molecule has 0 radical (unpaired) electrons. The monoisotopic (exact) mass is 536 g/mol. The van der Waals surface area contributed by atoms with Crippen molar-refractivity contribution in [2.75, 3.05) is 6.54 Å². The number of hydrogen-bond acceptors (Lipinski definition) is 3.